The number of piperidine rings is 1. The van der Waals surface area contributed by atoms with Crippen LogP contribution in [0, 0.1) is 26.7 Å². The highest BCUT2D eigenvalue weighted by molar-refractivity contribution is 5.85. The van der Waals surface area contributed by atoms with Crippen molar-refractivity contribution in [2.75, 3.05) is 31.9 Å². The molecule has 222 valence electrons. The number of anilines is 1. The van der Waals surface area contributed by atoms with Crippen molar-refractivity contribution in [1.82, 2.24) is 10.2 Å². The van der Waals surface area contributed by atoms with Crippen molar-refractivity contribution < 1.29 is 9.53 Å². The number of rotatable bonds is 8. The quantitative estimate of drug-likeness (QED) is 0.281. The number of carbonyl (C=O) groups is 1. The third kappa shape index (κ3) is 7.02. The molecule has 3 aromatic carbocycles. The van der Waals surface area contributed by atoms with Gasteiger partial charge in [-0.15, -0.1) is 24.8 Å². The van der Waals surface area contributed by atoms with Gasteiger partial charge in [0.05, 0.1) is 6.54 Å². The minimum Gasteiger partial charge on any atom is -0.485 e. The fourth-order valence-corrected chi connectivity index (χ4v) is 6.49. The van der Waals surface area contributed by atoms with Crippen molar-refractivity contribution >= 4 is 36.4 Å². The Labute approximate surface area is 258 Å². The number of nitrogen functional groups attached to an aromatic ring is 1. The predicted molar refractivity (Wildman–Crippen MR) is 174 cm³/mol. The topological polar surface area (TPSA) is 67.6 Å². The standard InChI is InChI=1S/C34H43N3O2.2ClH/c1-23-24(2)32-30(25(3)31(23)35)21-34(4,39-32)22-37(33(38)28-15-18-36-19-16-28)20-17-29(26-11-7-5-8-12-26)27-13-9-6-10-14-27;;/h5-14,28-29,36H,15-22,35H2,1-4H3;2*1H. The Kier molecular flexibility index (Phi) is 11.2. The molecular weight excluding hydrogens is 553 g/mol. The molecule has 0 bridgehead atoms. The molecular formula is C34H45Cl2N3O2. The Balaban J connectivity index is 0.00000231. The minimum atomic E-state index is -0.490. The molecule has 2 aliphatic rings. The van der Waals surface area contributed by atoms with Crippen LogP contribution in [-0.4, -0.2) is 42.6 Å². The summed E-state index contributed by atoms with van der Waals surface area (Å²) < 4.78 is 6.72. The first-order chi connectivity index (χ1) is 18.8. The summed E-state index contributed by atoms with van der Waals surface area (Å²) in [6.45, 7) is 11.5. The van der Waals surface area contributed by atoms with E-state index in [0.29, 0.717) is 13.1 Å². The summed E-state index contributed by atoms with van der Waals surface area (Å²) in [5.41, 5.74) is 13.9. The first-order valence-corrected chi connectivity index (χ1v) is 14.4. The smallest absolute Gasteiger partial charge is 0.225 e. The first kappa shape index (κ1) is 32.8. The van der Waals surface area contributed by atoms with E-state index in [1.807, 2.05) is 0 Å². The van der Waals surface area contributed by atoms with E-state index in [0.717, 1.165) is 66.9 Å². The molecule has 0 radical (unpaired) electrons. The molecule has 5 nitrogen and oxygen atoms in total. The maximum atomic E-state index is 14.1. The second-order valence-electron chi connectivity index (χ2n) is 11.8. The summed E-state index contributed by atoms with van der Waals surface area (Å²) in [4.78, 5) is 16.2. The Morgan fingerprint density at radius 3 is 2.07 bits per heavy atom. The van der Waals surface area contributed by atoms with E-state index in [1.54, 1.807) is 0 Å². The van der Waals surface area contributed by atoms with Crippen LogP contribution in [0.1, 0.15) is 65.5 Å². The Morgan fingerprint density at radius 1 is 0.951 bits per heavy atom. The highest BCUT2D eigenvalue weighted by Gasteiger charge is 2.41. The number of hydrogen-bond donors (Lipinski definition) is 2. The van der Waals surface area contributed by atoms with E-state index in [9.17, 15) is 4.79 Å². The van der Waals surface area contributed by atoms with Gasteiger partial charge in [-0.3, -0.25) is 4.79 Å². The second-order valence-corrected chi connectivity index (χ2v) is 11.8. The highest BCUT2D eigenvalue weighted by atomic mass is 35.5. The molecule has 0 saturated carbocycles. The number of halogens is 2. The van der Waals surface area contributed by atoms with Crippen LogP contribution >= 0.6 is 24.8 Å². The van der Waals surface area contributed by atoms with Gasteiger partial charge < -0.3 is 20.7 Å². The molecule has 0 aliphatic carbocycles. The lowest BCUT2D eigenvalue weighted by molar-refractivity contribution is -0.139. The molecule has 41 heavy (non-hydrogen) atoms. The molecule has 2 heterocycles. The van der Waals surface area contributed by atoms with Crippen LogP contribution in [0.3, 0.4) is 0 Å². The number of amides is 1. The molecule has 1 fully saturated rings. The second kappa shape index (κ2) is 14.0. The molecule has 1 atom stereocenters. The maximum Gasteiger partial charge on any atom is 0.225 e. The van der Waals surface area contributed by atoms with Gasteiger partial charge in [0.25, 0.3) is 0 Å². The summed E-state index contributed by atoms with van der Waals surface area (Å²) in [6, 6.07) is 21.3. The zero-order valence-corrected chi connectivity index (χ0v) is 26.4. The highest BCUT2D eigenvalue weighted by Crippen LogP contribution is 2.44. The normalized spacial score (nSPS) is 18.2. The van der Waals surface area contributed by atoms with Crippen molar-refractivity contribution in [2.45, 2.75) is 64.9 Å². The Bertz CT molecular complexity index is 1230. The molecule has 1 saturated heterocycles. The van der Waals surface area contributed by atoms with Crippen molar-refractivity contribution in [3.05, 3.63) is 94.0 Å². The molecule has 1 unspecified atom stereocenters. The largest absolute Gasteiger partial charge is 0.485 e. The van der Waals surface area contributed by atoms with Gasteiger partial charge in [-0.05, 0) is 87.9 Å². The molecule has 3 aromatic rings. The average molecular weight is 599 g/mol. The molecule has 3 N–H and O–H groups in total. The zero-order valence-electron chi connectivity index (χ0n) is 24.7. The van der Waals surface area contributed by atoms with Crippen LogP contribution in [0.15, 0.2) is 60.7 Å². The van der Waals surface area contributed by atoms with Crippen LogP contribution in [0.25, 0.3) is 0 Å². The van der Waals surface area contributed by atoms with Crippen LogP contribution < -0.4 is 15.8 Å². The van der Waals surface area contributed by atoms with Crippen LogP contribution in [0.5, 0.6) is 5.75 Å². The summed E-state index contributed by atoms with van der Waals surface area (Å²) in [5.74, 6) is 1.51. The number of nitrogens with zero attached hydrogens (tertiary/aromatic N) is 1. The lowest BCUT2D eigenvalue weighted by Gasteiger charge is -2.36. The lowest BCUT2D eigenvalue weighted by Crippen LogP contribution is -2.50. The van der Waals surface area contributed by atoms with Gasteiger partial charge in [0.1, 0.15) is 11.4 Å². The van der Waals surface area contributed by atoms with Crippen LogP contribution in [0.2, 0.25) is 0 Å². The summed E-state index contributed by atoms with van der Waals surface area (Å²) >= 11 is 0. The van der Waals surface area contributed by atoms with Gasteiger partial charge >= 0.3 is 0 Å². The van der Waals surface area contributed by atoms with Gasteiger partial charge in [0.2, 0.25) is 5.91 Å². The molecule has 5 rings (SSSR count). The Hall–Kier alpha value is -2.73. The summed E-state index contributed by atoms with van der Waals surface area (Å²) in [7, 11) is 0. The summed E-state index contributed by atoms with van der Waals surface area (Å²) in [6.07, 6.45) is 3.40. The van der Waals surface area contributed by atoms with Crippen molar-refractivity contribution in [3.8, 4) is 5.75 Å². The van der Waals surface area contributed by atoms with Gasteiger partial charge in [-0.2, -0.15) is 0 Å². The van der Waals surface area contributed by atoms with Crippen molar-refractivity contribution in [3.63, 3.8) is 0 Å². The van der Waals surface area contributed by atoms with E-state index in [-0.39, 0.29) is 42.6 Å². The maximum absolute atomic E-state index is 14.1. The number of carbonyl (C=O) groups excluding carboxylic acids is 1. The SMILES string of the molecule is Cc1c(C)c2c(c(C)c1N)CC(C)(CN(CCC(c1ccccc1)c1ccccc1)C(=O)C1CCNCC1)O2.Cl.Cl. The molecule has 0 aromatic heterocycles. The number of fused-ring (bicyclic) bond motifs is 1. The number of nitrogens with one attached hydrogen (secondary N) is 1. The molecule has 1 amide bonds. The zero-order chi connectivity index (χ0) is 27.6. The third-order valence-corrected chi connectivity index (χ3v) is 8.95. The van der Waals surface area contributed by atoms with E-state index in [2.05, 4.69) is 98.6 Å². The van der Waals surface area contributed by atoms with Crippen molar-refractivity contribution in [2.24, 2.45) is 5.92 Å². The van der Waals surface area contributed by atoms with E-state index in [4.69, 9.17) is 10.5 Å². The third-order valence-electron chi connectivity index (χ3n) is 8.95. The summed E-state index contributed by atoms with van der Waals surface area (Å²) in [5, 5.41) is 3.41. The minimum absolute atomic E-state index is 0. The lowest BCUT2D eigenvalue weighted by atomic mass is 9.87. The van der Waals surface area contributed by atoms with E-state index < -0.39 is 5.60 Å². The Morgan fingerprint density at radius 2 is 1.51 bits per heavy atom. The predicted octanol–water partition coefficient (Wildman–Crippen LogP) is 6.78. The number of benzene rings is 3. The number of nitrogens with two attached hydrogens (primary N) is 1. The molecule has 2 aliphatic heterocycles. The molecule has 0 spiro atoms. The van der Waals surface area contributed by atoms with Crippen LogP contribution in [0.4, 0.5) is 5.69 Å². The van der Waals surface area contributed by atoms with E-state index >= 15 is 0 Å². The fourth-order valence-electron chi connectivity index (χ4n) is 6.49. The number of ether oxygens (including phenoxy) is 1. The van der Waals surface area contributed by atoms with Gasteiger partial charge in [-0.1, -0.05) is 60.7 Å². The first-order valence-electron chi connectivity index (χ1n) is 14.4. The number of hydrogen-bond acceptors (Lipinski definition) is 4. The van der Waals surface area contributed by atoms with Gasteiger partial charge in [-0.25, -0.2) is 0 Å². The average Bonchev–Trinajstić information content (AvgIpc) is 3.33. The molecule has 7 heteroatoms. The monoisotopic (exact) mass is 597 g/mol. The van der Waals surface area contributed by atoms with E-state index in [1.165, 1.54) is 16.7 Å². The van der Waals surface area contributed by atoms with Gasteiger partial charge in [0, 0.05) is 36.1 Å². The van der Waals surface area contributed by atoms with Crippen LogP contribution in [-0.2, 0) is 11.2 Å². The van der Waals surface area contributed by atoms with Gasteiger partial charge in [0.15, 0.2) is 0 Å². The fraction of sp³-hybridized carbons (Fsp3) is 0.441. The van der Waals surface area contributed by atoms with Crippen molar-refractivity contribution in [1.29, 1.82) is 0 Å².